The summed E-state index contributed by atoms with van der Waals surface area (Å²) in [5.41, 5.74) is 3.57. The molecule has 4 rings (SSSR count). The third-order valence-electron chi connectivity index (χ3n) is 6.62. The Morgan fingerprint density at radius 2 is 1.60 bits per heavy atom. The molecule has 2 aromatic rings. The van der Waals surface area contributed by atoms with Gasteiger partial charge in [0, 0.05) is 5.92 Å². The quantitative estimate of drug-likeness (QED) is 0.287. The predicted molar refractivity (Wildman–Crippen MR) is 130 cm³/mol. The van der Waals surface area contributed by atoms with Crippen LogP contribution in [0.2, 0.25) is 0 Å². The summed E-state index contributed by atoms with van der Waals surface area (Å²) in [5.74, 6) is -0.860. The molecule has 186 valence electrons. The Labute approximate surface area is 205 Å². The predicted octanol–water partition coefficient (Wildman–Crippen LogP) is 3.88. The lowest BCUT2D eigenvalue weighted by atomic mass is 9.80. The van der Waals surface area contributed by atoms with Gasteiger partial charge in [0.1, 0.15) is 19.9 Å². The fraction of sp³-hybridized carbons (Fsp3) is 0.444. The van der Waals surface area contributed by atoms with Crippen molar-refractivity contribution >= 4 is 18.0 Å². The van der Waals surface area contributed by atoms with Crippen LogP contribution in [0.4, 0.5) is 4.79 Å². The number of alkyl carbamates (subject to hydrolysis) is 1. The van der Waals surface area contributed by atoms with Gasteiger partial charge >= 0.3 is 12.1 Å². The molecule has 35 heavy (non-hydrogen) atoms. The van der Waals surface area contributed by atoms with Crippen molar-refractivity contribution in [2.24, 2.45) is 0 Å². The topological polar surface area (TPSA) is 103 Å². The van der Waals surface area contributed by atoms with Crippen molar-refractivity contribution in [2.45, 2.75) is 50.5 Å². The van der Waals surface area contributed by atoms with E-state index in [1.807, 2.05) is 43.3 Å². The van der Waals surface area contributed by atoms with E-state index in [0.717, 1.165) is 41.5 Å². The Hall–Kier alpha value is -3.39. The number of hydrogen-bond acceptors (Lipinski definition) is 6. The Kier molecular flexibility index (Phi) is 8.02. The van der Waals surface area contributed by atoms with Crippen molar-refractivity contribution in [3.8, 4) is 11.1 Å². The highest BCUT2D eigenvalue weighted by molar-refractivity contribution is 5.83. The first-order chi connectivity index (χ1) is 17.0. The molecule has 0 atom stereocenters. The van der Waals surface area contributed by atoms with E-state index in [0.29, 0.717) is 19.4 Å². The zero-order valence-corrected chi connectivity index (χ0v) is 20.0. The lowest BCUT2D eigenvalue weighted by molar-refractivity contribution is -0.187. The fourth-order valence-corrected chi connectivity index (χ4v) is 4.47. The maximum absolute atomic E-state index is 12.3. The maximum atomic E-state index is 12.3. The number of benzene rings is 2. The molecule has 2 aliphatic carbocycles. The Balaban J connectivity index is 1.19. The molecule has 0 radical (unpaired) electrons. The zero-order chi connectivity index (χ0) is 24.7. The minimum absolute atomic E-state index is 0.0499. The highest BCUT2D eigenvalue weighted by Crippen LogP contribution is 2.44. The van der Waals surface area contributed by atoms with Crippen LogP contribution in [0.3, 0.4) is 0 Å². The van der Waals surface area contributed by atoms with Crippen molar-refractivity contribution in [3.63, 3.8) is 0 Å². The summed E-state index contributed by atoms with van der Waals surface area (Å²) in [6.45, 7) is 2.18. The molecule has 0 saturated heterocycles. The lowest BCUT2D eigenvalue weighted by Gasteiger charge is -2.38. The second-order valence-electron chi connectivity index (χ2n) is 8.91. The van der Waals surface area contributed by atoms with Gasteiger partial charge in [-0.2, -0.15) is 0 Å². The number of amides is 2. The van der Waals surface area contributed by atoms with E-state index in [-0.39, 0.29) is 31.8 Å². The summed E-state index contributed by atoms with van der Waals surface area (Å²) in [6, 6.07) is 16.2. The van der Waals surface area contributed by atoms with Gasteiger partial charge in [-0.3, -0.25) is 4.79 Å². The highest BCUT2D eigenvalue weighted by atomic mass is 16.6. The van der Waals surface area contributed by atoms with E-state index >= 15 is 0 Å². The summed E-state index contributed by atoms with van der Waals surface area (Å²) in [6.07, 6.45) is 3.10. The number of carbonyl (C=O) groups is 3. The van der Waals surface area contributed by atoms with Crippen LogP contribution in [0.1, 0.15) is 56.1 Å². The van der Waals surface area contributed by atoms with E-state index in [4.69, 9.17) is 14.2 Å². The van der Waals surface area contributed by atoms with Crippen LogP contribution in [0, 0.1) is 0 Å². The molecule has 8 heteroatoms. The number of ether oxygens (including phenoxy) is 3. The minimum atomic E-state index is -0.971. The van der Waals surface area contributed by atoms with Crippen LogP contribution in [0.25, 0.3) is 11.1 Å². The largest absolute Gasteiger partial charge is 0.464 e. The number of hydrogen-bond donors (Lipinski definition) is 2. The standard InChI is InChI=1S/C27H32N2O6/c1-2-3-15-33-25(31)27(13-8-14-27)35-18-29-24(30)16-28-26(32)34-17-23-21-11-6-4-9-19(21)20-10-5-7-12-22(20)23/h4-7,9-12,23H,2-3,8,13-18H2,1H3,(H,28,32)(H,29,30). The van der Waals surface area contributed by atoms with Crippen LogP contribution in [-0.4, -0.2) is 50.1 Å². The smallest absolute Gasteiger partial charge is 0.407 e. The van der Waals surface area contributed by atoms with E-state index in [1.54, 1.807) is 0 Å². The second kappa shape index (κ2) is 11.4. The van der Waals surface area contributed by atoms with Gasteiger partial charge in [0.15, 0.2) is 5.60 Å². The summed E-state index contributed by atoms with van der Waals surface area (Å²) in [4.78, 5) is 36.7. The number of esters is 1. The molecular formula is C27H32N2O6. The number of rotatable bonds is 11. The van der Waals surface area contributed by atoms with Crippen molar-refractivity contribution < 1.29 is 28.6 Å². The van der Waals surface area contributed by atoms with E-state index < -0.39 is 17.6 Å². The Morgan fingerprint density at radius 1 is 0.943 bits per heavy atom. The molecule has 2 aromatic carbocycles. The first kappa shape index (κ1) is 24.7. The summed E-state index contributed by atoms with van der Waals surface area (Å²) in [5, 5.41) is 5.03. The SMILES string of the molecule is CCCCOC(=O)C1(OCNC(=O)CNC(=O)OCC2c3ccccc3-c3ccccc32)CCC1. The van der Waals surface area contributed by atoms with Crippen molar-refractivity contribution in [1.82, 2.24) is 10.6 Å². The Morgan fingerprint density at radius 3 is 2.20 bits per heavy atom. The number of nitrogens with one attached hydrogen (secondary N) is 2. The van der Waals surface area contributed by atoms with Gasteiger partial charge in [0.05, 0.1) is 6.61 Å². The van der Waals surface area contributed by atoms with Gasteiger partial charge in [-0.1, -0.05) is 61.9 Å². The Bertz CT molecular complexity index is 1020. The van der Waals surface area contributed by atoms with Crippen molar-refractivity contribution in [1.29, 1.82) is 0 Å². The molecule has 2 aliphatic rings. The van der Waals surface area contributed by atoms with Crippen LogP contribution in [-0.2, 0) is 23.8 Å². The molecule has 2 N–H and O–H groups in total. The van der Waals surface area contributed by atoms with Crippen molar-refractivity contribution in [2.75, 3.05) is 26.5 Å². The molecule has 2 amide bonds. The summed E-state index contributed by atoms with van der Waals surface area (Å²) < 4.78 is 16.4. The first-order valence-corrected chi connectivity index (χ1v) is 12.2. The maximum Gasteiger partial charge on any atom is 0.407 e. The number of unbranched alkanes of at least 4 members (excludes halogenated alkanes) is 1. The van der Waals surface area contributed by atoms with Gasteiger partial charge in [0.2, 0.25) is 5.91 Å². The van der Waals surface area contributed by atoms with Gasteiger partial charge < -0.3 is 24.8 Å². The summed E-state index contributed by atoms with van der Waals surface area (Å²) in [7, 11) is 0. The second-order valence-corrected chi connectivity index (χ2v) is 8.91. The molecule has 0 unspecified atom stereocenters. The molecule has 0 spiro atoms. The molecule has 8 nitrogen and oxygen atoms in total. The first-order valence-electron chi connectivity index (χ1n) is 12.2. The highest BCUT2D eigenvalue weighted by Gasteiger charge is 2.47. The number of carbonyl (C=O) groups excluding carboxylic acids is 3. The van der Waals surface area contributed by atoms with E-state index in [2.05, 4.69) is 22.8 Å². The van der Waals surface area contributed by atoms with Crippen LogP contribution >= 0.6 is 0 Å². The molecular weight excluding hydrogens is 448 g/mol. The fourth-order valence-electron chi connectivity index (χ4n) is 4.47. The minimum Gasteiger partial charge on any atom is -0.464 e. The number of fused-ring (bicyclic) bond motifs is 3. The lowest BCUT2D eigenvalue weighted by Crippen LogP contribution is -2.51. The van der Waals surface area contributed by atoms with Gasteiger partial charge in [-0.05, 0) is 47.9 Å². The van der Waals surface area contributed by atoms with Crippen molar-refractivity contribution in [3.05, 3.63) is 59.7 Å². The molecule has 0 bridgehead atoms. The van der Waals surface area contributed by atoms with Crippen LogP contribution < -0.4 is 10.6 Å². The monoisotopic (exact) mass is 480 g/mol. The van der Waals surface area contributed by atoms with E-state index in [9.17, 15) is 14.4 Å². The average molecular weight is 481 g/mol. The normalized spacial score (nSPS) is 15.3. The average Bonchev–Trinajstić information content (AvgIpc) is 3.17. The third kappa shape index (κ3) is 5.65. The van der Waals surface area contributed by atoms with E-state index in [1.165, 1.54) is 0 Å². The zero-order valence-electron chi connectivity index (χ0n) is 20.0. The molecule has 0 aromatic heterocycles. The molecule has 1 fully saturated rings. The van der Waals surface area contributed by atoms with Crippen LogP contribution in [0.5, 0.6) is 0 Å². The van der Waals surface area contributed by atoms with Gasteiger partial charge in [-0.25, -0.2) is 9.59 Å². The molecule has 0 heterocycles. The summed E-state index contributed by atoms with van der Waals surface area (Å²) >= 11 is 0. The van der Waals surface area contributed by atoms with Crippen LogP contribution in [0.15, 0.2) is 48.5 Å². The third-order valence-corrected chi connectivity index (χ3v) is 6.62. The molecule has 0 aliphatic heterocycles. The molecule has 1 saturated carbocycles. The van der Waals surface area contributed by atoms with Gasteiger partial charge in [-0.15, -0.1) is 0 Å². The van der Waals surface area contributed by atoms with Gasteiger partial charge in [0.25, 0.3) is 0 Å².